The fourth-order valence-corrected chi connectivity index (χ4v) is 2.60. The lowest BCUT2D eigenvalue weighted by Crippen LogP contribution is -2.39. The van der Waals surface area contributed by atoms with Crippen molar-refractivity contribution in [1.29, 1.82) is 0 Å². The van der Waals surface area contributed by atoms with Gasteiger partial charge in [-0.15, -0.1) is 24.0 Å². The van der Waals surface area contributed by atoms with E-state index in [-0.39, 0.29) is 30.5 Å². The summed E-state index contributed by atoms with van der Waals surface area (Å²) in [6, 6.07) is 7.82. The summed E-state index contributed by atoms with van der Waals surface area (Å²) in [5.41, 5.74) is 0.843. The number of nitrogens with zero attached hydrogens (tertiary/aromatic N) is 3. The van der Waals surface area contributed by atoms with E-state index in [9.17, 15) is 5.11 Å². The van der Waals surface area contributed by atoms with Crippen LogP contribution in [0.3, 0.4) is 0 Å². The molecule has 1 unspecified atom stereocenters. The zero-order chi connectivity index (χ0) is 18.3. The summed E-state index contributed by atoms with van der Waals surface area (Å²) >= 11 is 6.00. The Balaban J connectivity index is 0.00000338. The van der Waals surface area contributed by atoms with Crippen molar-refractivity contribution in [2.45, 2.75) is 25.9 Å². The van der Waals surface area contributed by atoms with Crippen molar-refractivity contribution in [3.8, 4) is 0 Å². The largest absolute Gasteiger partial charge is 0.383 e. The van der Waals surface area contributed by atoms with Crippen LogP contribution < -0.4 is 10.6 Å². The van der Waals surface area contributed by atoms with E-state index in [1.807, 2.05) is 38.2 Å². The van der Waals surface area contributed by atoms with Crippen LogP contribution in [-0.4, -0.2) is 40.5 Å². The third-order valence-electron chi connectivity index (χ3n) is 3.81. The molecule has 0 aliphatic carbocycles. The van der Waals surface area contributed by atoms with Gasteiger partial charge in [-0.05, 0) is 38.0 Å². The molecule has 2 aromatic rings. The molecular formula is C18H27ClIN5O. The quantitative estimate of drug-likeness (QED) is 0.316. The molecule has 2 rings (SSSR count). The molecule has 144 valence electrons. The number of hydrogen-bond acceptors (Lipinski definition) is 3. The van der Waals surface area contributed by atoms with E-state index in [2.05, 4.69) is 20.7 Å². The number of aliphatic hydroxyl groups is 1. The first-order valence-corrected chi connectivity index (χ1v) is 8.76. The average molecular weight is 492 g/mol. The van der Waals surface area contributed by atoms with Crippen LogP contribution in [0.1, 0.15) is 25.0 Å². The minimum atomic E-state index is -1.07. The van der Waals surface area contributed by atoms with Crippen LogP contribution in [0.15, 0.2) is 41.7 Å². The molecule has 3 N–H and O–H groups in total. The van der Waals surface area contributed by atoms with E-state index in [1.165, 1.54) is 5.56 Å². The van der Waals surface area contributed by atoms with Crippen LogP contribution in [0.4, 0.5) is 0 Å². The molecular weight excluding hydrogens is 465 g/mol. The molecule has 0 aliphatic heterocycles. The smallest absolute Gasteiger partial charge is 0.191 e. The van der Waals surface area contributed by atoms with Crippen molar-refractivity contribution in [2.24, 2.45) is 12.0 Å². The number of aryl methyl sites for hydroxylation is 1. The van der Waals surface area contributed by atoms with Crippen LogP contribution in [0.25, 0.3) is 0 Å². The van der Waals surface area contributed by atoms with Crippen molar-refractivity contribution in [1.82, 2.24) is 20.4 Å². The maximum atomic E-state index is 10.6. The zero-order valence-electron chi connectivity index (χ0n) is 15.4. The molecule has 0 saturated carbocycles. The van der Waals surface area contributed by atoms with E-state index < -0.39 is 5.60 Å². The molecule has 1 aromatic carbocycles. The normalized spacial score (nSPS) is 13.7. The number of guanidine groups is 1. The number of aliphatic imine (C=N–C) groups is 1. The summed E-state index contributed by atoms with van der Waals surface area (Å²) in [4.78, 5) is 4.50. The highest BCUT2D eigenvalue weighted by molar-refractivity contribution is 14.0. The second-order valence-electron chi connectivity index (χ2n) is 6.18. The summed E-state index contributed by atoms with van der Waals surface area (Å²) in [5.74, 6) is 0.675. The number of benzene rings is 1. The number of aromatic nitrogens is 2. The number of rotatable bonds is 7. The topological polar surface area (TPSA) is 74.5 Å². The molecule has 8 heteroatoms. The van der Waals surface area contributed by atoms with Gasteiger partial charge in [-0.1, -0.05) is 23.7 Å². The Bertz CT molecular complexity index is 717. The van der Waals surface area contributed by atoms with Gasteiger partial charge in [0.1, 0.15) is 5.60 Å². The van der Waals surface area contributed by atoms with Crippen molar-refractivity contribution in [3.63, 3.8) is 0 Å². The van der Waals surface area contributed by atoms with E-state index in [4.69, 9.17) is 11.6 Å². The Morgan fingerprint density at radius 2 is 2.15 bits per heavy atom. The molecule has 1 atom stereocenters. The monoisotopic (exact) mass is 491 g/mol. The highest BCUT2D eigenvalue weighted by atomic mass is 127. The highest BCUT2D eigenvalue weighted by Crippen LogP contribution is 2.19. The van der Waals surface area contributed by atoms with Gasteiger partial charge < -0.3 is 15.7 Å². The van der Waals surface area contributed by atoms with Crippen LogP contribution >= 0.6 is 35.6 Å². The van der Waals surface area contributed by atoms with E-state index in [0.29, 0.717) is 5.96 Å². The molecule has 0 aliphatic rings. The predicted molar refractivity (Wildman–Crippen MR) is 117 cm³/mol. The molecule has 0 amide bonds. The summed E-state index contributed by atoms with van der Waals surface area (Å²) in [6.45, 7) is 5.46. The van der Waals surface area contributed by atoms with Crippen molar-refractivity contribution < 1.29 is 5.11 Å². The Hall–Kier alpha value is -1.32. The summed E-state index contributed by atoms with van der Waals surface area (Å²) in [6.07, 6.45) is 4.30. The van der Waals surface area contributed by atoms with Crippen LogP contribution in [0.2, 0.25) is 5.02 Å². The summed E-state index contributed by atoms with van der Waals surface area (Å²) < 4.78 is 1.67. The fourth-order valence-electron chi connectivity index (χ4n) is 2.38. The maximum Gasteiger partial charge on any atom is 0.191 e. The first kappa shape index (κ1) is 22.7. The van der Waals surface area contributed by atoms with Gasteiger partial charge in [-0.25, -0.2) is 4.99 Å². The lowest BCUT2D eigenvalue weighted by atomic mass is 10.0. The van der Waals surface area contributed by atoms with Gasteiger partial charge in [0, 0.05) is 36.9 Å². The van der Waals surface area contributed by atoms with Crippen molar-refractivity contribution in [3.05, 3.63) is 52.8 Å². The van der Waals surface area contributed by atoms with Gasteiger partial charge >= 0.3 is 0 Å². The molecule has 1 heterocycles. The molecule has 26 heavy (non-hydrogen) atoms. The van der Waals surface area contributed by atoms with E-state index >= 15 is 0 Å². The molecule has 0 saturated heterocycles. The van der Waals surface area contributed by atoms with E-state index in [1.54, 1.807) is 24.0 Å². The third-order valence-corrected chi connectivity index (χ3v) is 4.05. The van der Waals surface area contributed by atoms with Gasteiger partial charge in [-0.2, -0.15) is 5.10 Å². The van der Waals surface area contributed by atoms with Gasteiger partial charge in [0.05, 0.1) is 12.7 Å². The van der Waals surface area contributed by atoms with Gasteiger partial charge in [-0.3, -0.25) is 4.68 Å². The maximum absolute atomic E-state index is 10.6. The van der Waals surface area contributed by atoms with Crippen molar-refractivity contribution in [2.75, 3.05) is 19.6 Å². The third kappa shape index (κ3) is 7.13. The molecule has 0 spiro atoms. The first-order valence-electron chi connectivity index (χ1n) is 8.39. The minimum absolute atomic E-state index is 0. The lowest BCUT2D eigenvalue weighted by molar-refractivity contribution is 0.0672. The van der Waals surface area contributed by atoms with Crippen LogP contribution in [0.5, 0.6) is 0 Å². The Kier molecular flexibility index (Phi) is 9.38. The van der Waals surface area contributed by atoms with Gasteiger partial charge in [0.15, 0.2) is 5.96 Å². The van der Waals surface area contributed by atoms with Crippen LogP contribution in [-0.2, 0) is 19.1 Å². The van der Waals surface area contributed by atoms with Crippen molar-refractivity contribution >= 4 is 41.5 Å². The summed E-state index contributed by atoms with van der Waals surface area (Å²) in [7, 11) is 1.82. The number of hydrogen-bond donors (Lipinski definition) is 3. The molecule has 6 nitrogen and oxygen atoms in total. The minimum Gasteiger partial charge on any atom is -0.383 e. The average Bonchev–Trinajstić information content (AvgIpc) is 3.00. The standard InChI is InChI=1S/C18H26ClN5O.HI/c1-4-20-17(21-9-8-14-6-5-7-16(19)10-14)22-13-18(2,25)15-11-23-24(3)12-15;/h5-7,10-12,25H,4,8-9,13H2,1-3H3,(H2,20,21,22);1H. The van der Waals surface area contributed by atoms with E-state index in [0.717, 1.165) is 30.1 Å². The van der Waals surface area contributed by atoms with Gasteiger partial charge in [0.2, 0.25) is 0 Å². The lowest BCUT2D eigenvalue weighted by Gasteiger charge is -2.20. The Morgan fingerprint density at radius 3 is 2.77 bits per heavy atom. The second kappa shape index (κ2) is 10.7. The Morgan fingerprint density at radius 1 is 1.38 bits per heavy atom. The molecule has 0 radical (unpaired) electrons. The highest BCUT2D eigenvalue weighted by Gasteiger charge is 2.24. The van der Waals surface area contributed by atoms with Crippen LogP contribution in [0, 0.1) is 0 Å². The predicted octanol–water partition coefficient (Wildman–Crippen LogP) is 2.70. The molecule has 0 fully saturated rings. The molecule has 1 aromatic heterocycles. The Labute approximate surface area is 177 Å². The number of halogens is 2. The first-order chi connectivity index (χ1) is 11.9. The van der Waals surface area contributed by atoms with Gasteiger partial charge in [0.25, 0.3) is 0 Å². The SMILES string of the molecule is CCNC(=NCC(C)(O)c1cnn(C)c1)NCCc1cccc(Cl)c1.I. The molecule has 0 bridgehead atoms. The summed E-state index contributed by atoms with van der Waals surface area (Å²) in [5, 5.41) is 21.9. The zero-order valence-corrected chi connectivity index (χ0v) is 18.5. The number of nitrogens with one attached hydrogen (secondary N) is 2. The fraction of sp³-hybridized carbons (Fsp3) is 0.444. The second-order valence-corrected chi connectivity index (χ2v) is 6.61.